The molecular weight excluding hydrogens is 206 g/mol. The Morgan fingerprint density at radius 2 is 1.81 bits per heavy atom. The van der Waals surface area contributed by atoms with Gasteiger partial charge in [0.15, 0.2) is 5.78 Å². The average molecular weight is 229 g/mol. The van der Waals surface area contributed by atoms with E-state index in [4.69, 9.17) is 4.74 Å². The molecule has 0 bridgehead atoms. The molecule has 0 spiro atoms. The van der Waals surface area contributed by atoms with E-state index in [0.717, 1.165) is 25.9 Å². The molecule has 0 aliphatic rings. The predicted molar refractivity (Wildman–Crippen MR) is 63.3 cm³/mol. The lowest BCUT2D eigenvalue weighted by Crippen LogP contribution is -2.28. The smallest absolute Gasteiger partial charge is 0.220 e. The molecule has 0 aromatic heterocycles. The zero-order valence-corrected chi connectivity index (χ0v) is 10.4. The fraction of sp³-hybridized carbons (Fsp3) is 0.833. The van der Waals surface area contributed by atoms with E-state index in [1.165, 1.54) is 0 Å². The monoisotopic (exact) mass is 229 g/mol. The van der Waals surface area contributed by atoms with E-state index in [1.54, 1.807) is 6.92 Å². The number of hydrogen-bond donors (Lipinski definition) is 1. The third-order valence-electron chi connectivity index (χ3n) is 2.19. The molecule has 0 unspecified atom stereocenters. The molecule has 0 aliphatic heterocycles. The first-order valence-electron chi connectivity index (χ1n) is 6.06. The first-order chi connectivity index (χ1) is 7.70. The number of ether oxygens (including phenoxy) is 1. The largest absolute Gasteiger partial charge is 0.381 e. The van der Waals surface area contributed by atoms with Crippen LogP contribution in [0.25, 0.3) is 0 Å². The Kier molecular flexibility index (Phi) is 10.0. The van der Waals surface area contributed by atoms with Crippen LogP contribution in [0.2, 0.25) is 0 Å². The van der Waals surface area contributed by atoms with Crippen molar-refractivity contribution in [2.45, 2.75) is 46.0 Å². The van der Waals surface area contributed by atoms with Gasteiger partial charge in [0, 0.05) is 26.1 Å². The van der Waals surface area contributed by atoms with Crippen molar-refractivity contribution in [3.8, 4) is 0 Å². The van der Waals surface area contributed by atoms with Gasteiger partial charge in [0.2, 0.25) is 5.91 Å². The SMILES string of the molecule is CCCCOCCCC(=O)CNC(=O)CC. The zero-order valence-electron chi connectivity index (χ0n) is 10.4. The van der Waals surface area contributed by atoms with Crippen LogP contribution in [-0.2, 0) is 14.3 Å². The van der Waals surface area contributed by atoms with Crippen LogP contribution in [0.1, 0.15) is 46.0 Å². The van der Waals surface area contributed by atoms with Crippen LogP contribution in [0.15, 0.2) is 0 Å². The van der Waals surface area contributed by atoms with Crippen LogP contribution in [0, 0.1) is 0 Å². The molecule has 94 valence electrons. The maximum atomic E-state index is 11.3. The summed E-state index contributed by atoms with van der Waals surface area (Å²) in [4.78, 5) is 22.2. The van der Waals surface area contributed by atoms with Gasteiger partial charge in [-0.3, -0.25) is 9.59 Å². The van der Waals surface area contributed by atoms with Gasteiger partial charge in [0.05, 0.1) is 6.54 Å². The van der Waals surface area contributed by atoms with Crippen molar-refractivity contribution in [2.75, 3.05) is 19.8 Å². The number of rotatable bonds is 10. The van der Waals surface area contributed by atoms with Crippen molar-refractivity contribution in [2.24, 2.45) is 0 Å². The molecule has 16 heavy (non-hydrogen) atoms. The Labute approximate surface area is 97.7 Å². The summed E-state index contributed by atoms with van der Waals surface area (Å²) in [6.45, 7) is 5.44. The van der Waals surface area contributed by atoms with Crippen LogP contribution in [-0.4, -0.2) is 31.4 Å². The van der Waals surface area contributed by atoms with Crippen molar-refractivity contribution in [3.05, 3.63) is 0 Å². The minimum absolute atomic E-state index is 0.0703. The number of Topliss-reactive ketones (excluding diaryl/α,β-unsaturated/α-hetero) is 1. The summed E-state index contributed by atoms with van der Waals surface area (Å²) in [6.07, 6.45) is 3.84. The summed E-state index contributed by atoms with van der Waals surface area (Å²) in [7, 11) is 0. The van der Waals surface area contributed by atoms with Gasteiger partial charge in [0.1, 0.15) is 0 Å². The Morgan fingerprint density at radius 1 is 1.12 bits per heavy atom. The van der Waals surface area contributed by atoms with Crippen LogP contribution in [0.5, 0.6) is 0 Å². The van der Waals surface area contributed by atoms with Gasteiger partial charge in [-0.1, -0.05) is 20.3 Å². The van der Waals surface area contributed by atoms with Crippen LogP contribution in [0.4, 0.5) is 0 Å². The van der Waals surface area contributed by atoms with E-state index in [-0.39, 0.29) is 18.2 Å². The molecule has 1 amide bonds. The molecule has 0 atom stereocenters. The molecule has 0 aliphatic carbocycles. The maximum Gasteiger partial charge on any atom is 0.220 e. The summed E-state index contributed by atoms with van der Waals surface area (Å²) in [6, 6.07) is 0. The molecule has 1 N–H and O–H groups in total. The lowest BCUT2D eigenvalue weighted by Gasteiger charge is -2.04. The molecule has 0 heterocycles. The molecule has 0 rings (SSSR count). The first-order valence-corrected chi connectivity index (χ1v) is 6.06. The fourth-order valence-corrected chi connectivity index (χ4v) is 1.13. The minimum Gasteiger partial charge on any atom is -0.381 e. The van der Waals surface area contributed by atoms with E-state index in [9.17, 15) is 9.59 Å². The molecule has 0 saturated heterocycles. The normalized spacial score (nSPS) is 10.1. The topological polar surface area (TPSA) is 55.4 Å². The highest BCUT2D eigenvalue weighted by Gasteiger charge is 2.03. The summed E-state index contributed by atoms with van der Waals surface area (Å²) in [5.41, 5.74) is 0. The summed E-state index contributed by atoms with van der Waals surface area (Å²) < 4.78 is 5.33. The second kappa shape index (κ2) is 10.6. The average Bonchev–Trinajstić information content (AvgIpc) is 2.30. The lowest BCUT2D eigenvalue weighted by atomic mass is 10.2. The Bertz CT molecular complexity index is 204. The number of carbonyl (C=O) groups excluding carboxylic acids is 2. The van der Waals surface area contributed by atoms with E-state index in [1.807, 2.05) is 0 Å². The van der Waals surface area contributed by atoms with Gasteiger partial charge in [0.25, 0.3) is 0 Å². The number of nitrogens with one attached hydrogen (secondary N) is 1. The predicted octanol–water partition coefficient (Wildman–Crippen LogP) is 1.68. The van der Waals surface area contributed by atoms with Gasteiger partial charge in [-0.05, 0) is 12.8 Å². The Balaban J connectivity index is 3.27. The summed E-state index contributed by atoms with van der Waals surface area (Å²) in [5, 5.41) is 2.56. The zero-order chi connectivity index (χ0) is 12.2. The third kappa shape index (κ3) is 9.65. The highest BCUT2D eigenvalue weighted by atomic mass is 16.5. The second-order valence-electron chi connectivity index (χ2n) is 3.74. The quantitative estimate of drug-likeness (QED) is 0.580. The van der Waals surface area contributed by atoms with Crippen LogP contribution in [0.3, 0.4) is 0 Å². The molecule has 4 nitrogen and oxygen atoms in total. The van der Waals surface area contributed by atoms with Crippen LogP contribution >= 0.6 is 0 Å². The van der Waals surface area contributed by atoms with E-state index >= 15 is 0 Å². The number of unbranched alkanes of at least 4 members (excludes halogenated alkanes) is 1. The molecule has 0 saturated carbocycles. The number of amides is 1. The second-order valence-corrected chi connectivity index (χ2v) is 3.74. The minimum atomic E-state index is -0.0763. The number of carbonyl (C=O) groups is 2. The molecule has 0 fully saturated rings. The van der Waals surface area contributed by atoms with E-state index in [2.05, 4.69) is 12.2 Å². The lowest BCUT2D eigenvalue weighted by molar-refractivity contribution is -0.125. The highest BCUT2D eigenvalue weighted by Crippen LogP contribution is 1.94. The van der Waals surface area contributed by atoms with Crippen molar-refractivity contribution < 1.29 is 14.3 Å². The molecule has 0 aromatic carbocycles. The van der Waals surface area contributed by atoms with Crippen molar-refractivity contribution in [1.29, 1.82) is 0 Å². The van der Waals surface area contributed by atoms with Gasteiger partial charge >= 0.3 is 0 Å². The fourth-order valence-electron chi connectivity index (χ4n) is 1.13. The van der Waals surface area contributed by atoms with Crippen molar-refractivity contribution in [3.63, 3.8) is 0 Å². The first kappa shape index (κ1) is 15.1. The Hall–Kier alpha value is -0.900. The van der Waals surface area contributed by atoms with Gasteiger partial charge in [-0.25, -0.2) is 0 Å². The van der Waals surface area contributed by atoms with Gasteiger partial charge < -0.3 is 10.1 Å². The van der Waals surface area contributed by atoms with E-state index in [0.29, 0.717) is 19.4 Å². The summed E-state index contributed by atoms with van der Waals surface area (Å²) in [5.74, 6) is -0.00608. The van der Waals surface area contributed by atoms with Gasteiger partial charge in [-0.2, -0.15) is 0 Å². The van der Waals surface area contributed by atoms with E-state index < -0.39 is 0 Å². The molecule has 0 aromatic rings. The van der Waals surface area contributed by atoms with Crippen molar-refractivity contribution in [1.82, 2.24) is 5.32 Å². The molecule has 0 radical (unpaired) electrons. The molecular formula is C12H23NO3. The standard InChI is InChI=1S/C12H23NO3/c1-3-5-8-16-9-6-7-11(14)10-13-12(15)4-2/h3-10H2,1-2H3,(H,13,15). The number of ketones is 1. The summed E-state index contributed by atoms with van der Waals surface area (Å²) >= 11 is 0. The maximum absolute atomic E-state index is 11.3. The molecule has 4 heteroatoms. The van der Waals surface area contributed by atoms with Crippen LogP contribution < -0.4 is 5.32 Å². The number of hydrogen-bond acceptors (Lipinski definition) is 3. The third-order valence-corrected chi connectivity index (χ3v) is 2.19. The Morgan fingerprint density at radius 3 is 2.44 bits per heavy atom. The van der Waals surface area contributed by atoms with Gasteiger partial charge in [-0.15, -0.1) is 0 Å². The van der Waals surface area contributed by atoms with Crippen molar-refractivity contribution >= 4 is 11.7 Å². The highest BCUT2D eigenvalue weighted by molar-refractivity contribution is 5.85.